The van der Waals surface area contributed by atoms with Crippen LogP contribution < -0.4 is 10.1 Å². The molecule has 0 bridgehead atoms. The number of ether oxygens (including phenoxy) is 1. The number of hydrogen-bond acceptors (Lipinski definition) is 4. The van der Waals surface area contributed by atoms with Gasteiger partial charge in [0, 0.05) is 17.7 Å². The van der Waals surface area contributed by atoms with Crippen molar-refractivity contribution in [1.82, 2.24) is 15.3 Å². The van der Waals surface area contributed by atoms with Crippen molar-refractivity contribution in [2.45, 2.75) is 31.7 Å². The van der Waals surface area contributed by atoms with Gasteiger partial charge in [0.25, 0.3) is 5.91 Å². The second-order valence-electron chi connectivity index (χ2n) is 5.87. The van der Waals surface area contributed by atoms with E-state index in [1.807, 2.05) is 31.2 Å². The van der Waals surface area contributed by atoms with Crippen molar-refractivity contribution < 1.29 is 9.53 Å². The molecule has 1 N–H and O–H groups in total. The molecule has 0 radical (unpaired) electrons. The number of hydrogen-bond donors (Lipinski definition) is 1. The van der Waals surface area contributed by atoms with Crippen LogP contribution in [-0.4, -0.2) is 22.5 Å². The van der Waals surface area contributed by atoms with Crippen molar-refractivity contribution in [3.05, 3.63) is 53.1 Å². The van der Waals surface area contributed by atoms with Gasteiger partial charge in [-0.3, -0.25) is 4.79 Å². The molecule has 1 fully saturated rings. The van der Waals surface area contributed by atoms with E-state index >= 15 is 0 Å². The minimum atomic E-state index is -0.118. The number of nitrogens with zero attached hydrogens (tertiary/aromatic N) is 2. The van der Waals surface area contributed by atoms with E-state index < -0.39 is 0 Å². The first-order valence-electron chi connectivity index (χ1n) is 7.58. The average molecular weight is 295 g/mol. The summed E-state index contributed by atoms with van der Waals surface area (Å²) in [6.07, 6.45) is 3.85. The van der Waals surface area contributed by atoms with E-state index in [2.05, 4.69) is 15.3 Å². The largest absolute Gasteiger partial charge is 0.491 e. The summed E-state index contributed by atoms with van der Waals surface area (Å²) >= 11 is 0. The lowest BCUT2D eigenvalue weighted by atomic mass is 10.1. The normalized spacial score (nSPS) is 19.4. The molecule has 112 valence electrons. The highest BCUT2D eigenvalue weighted by Gasteiger charge is 2.32. The molecule has 0 spiro atoms. The van der Waals surface area contributed by atoms with Gasteiger partial charge in [-0.15, -0.1) is 0 Å². The van der Waals surface area contributed by atoms with Crippen LogP contribution in [0.4, 0.5) is 0 Å². The monoisotopic (exact) mass is 295 g/mol. The lowest BCUT2D eigenvalue weighted by molar-refractivity contribution is 0.0928. The van der Waals surface area contributed by atoms with E-state index in [4.69, 9.17) is 4.74 Å². The second-order valence-corrected chi connectivity index (χ2v) is 5.87. The summed E-state index contributed by atoms with van der Waals surface area (Å²) in [7, 11) is 0. The predicted molar refractivity (Wildman–Crippen MR) is 80.9 cm³/mol. The average Bonchev–Trinajstić information content (AvgIpc) is 3.30. The summed E-state index contributed by atoms with van der Waals surface area (Å²) in [5, 5.41) is 3.05. The number of aromatic nitrogens is 2. The van der Waals surface area contributed by atoms with Crippen LogP contribution in [-0.2, 0) is 0 Å². The van der Waals surface area contributed by atoms with Crippen molar-refractivity contribution in [2.75, 3.05) is 6.61 Å². The van der Waals surface area contributed by atoms with Crippen LogP contribution in [0.2, 0.25) is 0 Å². The van der Waals surface area contributed by atoms with Crippen LogP contribution in [0.25, 0.3) is 0 Å². The number of para-hydroxylation sites is 1. The van der Waals surface area contributed by atoms with Crippen LogP contribution in [0.5, 0.6) is 5.75 Å². The van der Waals surface area contributed by atoms with E-state index in [-0.39, 0.29) is 11.9 Å². The second kappa shape index (κ2) is 5.09. The zero-order valence-electron chi connectivity index (χ0n) is 12.4. The highest BCUT2D eigenvalue weighted by Crippen LogP contribution is 2.40. The first-order chi connectivity index (χ1) is 10.7. The van der Waals surface area contributed by atoms with Crippen molar-refractivity contribution in [3.63, 3.8) is 0 Å². The van der Waals surface area contributed by atoms with Crippen LogP contribution >= 0.6 is 0 Å². The fraction of sp³-hybridized carbons (Fsp3) is 0.353. The highest BCUT2D eigenvalue weighted by molar-refractivity contribution is 5.95. The minimum Gasteiger partial charge on any atom is -0.491 e. The first-order valence-corrected chi connectivity index (χ1v) is 7.58. The molecule has 1 atom stereocenters. The lowest BCUT2D eigenvalue weighted by Gasteiger charge is -2.13. The molecule has 1 amide bonds. The Morgan fingerprint density at radius 1 is 1.32 bits per heavy atom. The number of rotatable bonds is 3. The maximum atomic E-state index is 12.6. The topological polar surface area (TPSA) is 64.1 Å². The Kier molecular flexibility index (Phi) is 3.06. The van der Waals surface area contributed by atoms with Crippen molar-refractivity contribution in [2.24, 2.45) is 0 Å². The Morgan fingerprint density at radius 2 is 2.14 bits per heavy atom. The van der Waals surface area contributed by atoms with Crippen molar-refractivity contribution >= 4 is 5.91 Å². The predicted octanol–water partition coefficient (Wildman–Crippen LogP) is 2.53. The zero-order valence-corrected chi connectivity index (χ0v) is 12.4. The number of nitrogens with one attached hydrogen (secondary N) is 1. The van der Waals surface area contributed by atoms with Gasteiger partial charge in [-0.1, -0.05) is 18.2 Å². The molecular formula is C17H17N3O2. The molecule has 1 aromatic carbocycles. The SMILES string of the molecule is Cc1ncc(C(=O)NC2COc3ccccc32)c(C2CC2)n1. The molecule has 2 aromatic rings. The van der Waals surface area contributed by atoms with E-state index in [0.29, 0.717) is 23.9 Å². The molecule has 1 aromatic heterocycles. The Hall–Kier alpha value is -2.43. The van der Waals surface area contributed by atoms with Crippen molar-refractivity contribution in [1.29, 1.82) is 0 Å². The number of benzene rings is 1. The zero-order chi connectivity index (χ0) is 15.1. The van der Waals surface area contributed by atoms with E-state index in [0.717, 1.165) is 29.8 Å². The van der Waals surface area contributed by atoms with Crippen LogP contribution in [0.1, 0.15) is 52.2 Å². The molecule has 1 aliphatic carbocycles. The number of fused-ring (bicyclic) bond motifs is 1. The summed E-state index contributed by atoms with van der Waals surface area (Å²) in [6.45, 7) is 2.32. The first kappa shape index (κ1) is 13.2. The highest BCUT2D eigenvalue weighted by atomic mass is 16.5. The van der Waals surface area contributed by atoms with Gasteiger partial charge < -0.3 is 10.1 Å². The van der Waals surface area contributed by atoms with Gasteiger partial charge in [0.15, 0.2) is 0 Å². The Balaban J connectivity index is 1.59. The molecule has 5 nitrogen and oxygen atoms in total. The van der Waals surface area contributed by atoms with E-state index in [1.165, 1.54) is 0 Å². The van der Waals surface area contributed by atoms with Gasteiger partial charge in [0.1, 0.15) is 18.2 Å². The van der Waals surface area contributed by atoms with Gasteiger partial charge in [0.05, 0.1) is 17.3 Å². The molecule has 2 aliphatic rings. The third kappa shape index (κ3) is 2.32. The molecular weight excluding hydrogens is 278 g/mol. The number of carbonyl (C=O) groups excluding carboxylic acids is 1. The van der Waals surface area contributed by atoms with Crippen LogP contribution in [0.15, 0.2) is 30.5 Å². The number of aryl methyl sites for hydroxylation is 1. The van der Waals surface area contributed by atoms with Gasteiger partial charge in [-0.2, -0.15) is 0 Å². The molecule has 5 heteroatoms. The third-order valence-electron chi connectivity index (χ3n) is 4.15. The summed E-state index contributed by atoms with van der Waals surface area (Å²) < 4.78 is 5.61. The Morgan fingerprint density at radius 3 is 2.95 bits per heavy atom. The van der Waals surface area contributed by atoms with Gasteiger partial charge >= 0.3 is 0 Å². The van der Waals surface area contributed by atoms with Crippen LogP contribution in [0.3, 0.4) is 0 Å². The molecule has 22 heavy (non-hydrogen) atoms. The standard InChI is InChI=1S/C17H17N3O2/c1-10-18-8-13(16(19-10)11-6-7-11)17(21)20-14-9-22-15-5-3-2-4-12(14)15/h2-5,8,11,14H,6-7,9H2,1H3,(H,20,21). The van der Waals surface area contributed by atoms with Gasteiger partial charge in [0.2, 0.25) is 0 Å². The third-order valence-corrected chi connectivity index (χ3v) is 4.15. The maximum absolute atomic E-state index is 12.6. The lowest BCUT2D eigenvalue weighted by Crippen LogP contribution is -2.30. The molecule has 2 heterocycles. The quantitative estimate of drug-likeness (QED) is 0.945. The molecule has 1 unspecified atom stereocenters. The molecule has 4 rings (SSSR count). The maximum Gasteiger partial charge on any atom is 0.255 e. The fourth-order valence-electron chi connectivity index (χ4n) is 2.85. The summed E-state index contributed by atoms with van der Waals surface area (Å²) in [5.74, 6) is 1.85. The fourth-order valence-corrected chi connectivity index (χ4v) is 2.85. The van der Waals surface area contributed by atoms with Gasteiger partial charge in [-0.25, -0.2) is 9.97 Å². The smallest absolute Gasteiger partial charge is 0.255 e. The van der Waals surface area contributed by atoms with E-state index in [9.17, 15) is 4.79 Å². The summed E-state index contributed by atoms with van der Waals surface area (Å²) in [4.78, 5) is 21.3. The molecule has 1 aliphatic heterocycles. The Bertz CT molecular complexity index is 740. The molecule has 0 saturated heterocycles. The summed E-state index contributed by atoms with van der Waals surface area (Å²) in [6, 6.07) is 7.68. The van der Waals surface area contributed by atoms with Crippen LogP contribution in [0, 0.1) is 6.92 Å². The number of carbonyl (C=O) groups is 1. The minimum absolute atomic E-state index is 0.114. The number of amides is 1. The van der Waals surface area contributed by atoms with Gasteiger partial charge in [-0.05, 0) is 25.8 Å². The Labute approximate surface area is 128 Å². The summed E-state index contributed by atoms with van der Waals surface area (Å²) in [5.41, 5.74) is 2.51. The van der Waals surface area contributed by atoms with E-state index in [1.54, 1.807) is 6.20 Å². The van der Waals surface area contributed by atoms with Crippen molar-refractivity contribution in [3.8, 4) is 5.75 Å². The molecule has 1 saturated carbocycles.